The Labute approximate surface area is 136 Å². The van der Waals surface area contributed by atoms with E-state index in [2.05, 4.69) is 15.9 Å². The highest BCUT2D eigenvalue weighted by molar-refractivity contribution is 6.31. The zero-order chi connectivity index (χ0) is 15.5. The van der Waals surface area contributed by atoms with Crippen LogP contribution in [0.5, 0.6) is 0 Å². The van der Waals surface area contributed by atoms with Crippen molar-refractivity contribution in [2.24, 2.45) is 0 Å². The van der Waals surface area contributed by atoms with Crippen molar-refractivity contribution >= 4 is 11.6 Å². The van der Waals surface area contributed by atoms with Gasteiger partial charge in [-0.15, -0.1) is 0 Å². The third-order valence-corrected chi connectivity index (χ3v) is 5.25. The quantitative estimate of drug-likeness (QED) is 0.852. The summed E-state index contributed by atoms with van der Waals surface area (Å²) in [6, 6.07) is 6.88. The molecule has 1 aromatic carbocycles. The Balaban J connectivity index is 1.70. The minimum Gasteiger partial charge on any atom is -0.300 e. The average molecular weight is 322 g/mol. The van der Waals surface area contributed by atoms with Crippen LogP contribution in [0, 0.1) is 17.1 Å². The molecule has 2 saturated heterocycles. The maximum absolute atomic E-state index is 14.1. The van der Waals surface area contributed by atoms with Crippen molar-refractivity contribution in [2.75, 3.05) is 26.2 Å². The smallest absolute Gasteiger partial charge is 0.130 e. The van der Waals surface area contributed by atoms with E-state index in [-0.39, 0.29) is 5.82 Å². The van der Waals surface area contributed by atoms with Crippen molar-refractivity contribution in [3.8, 4) is 6.07 Å². The lowest BCUT2D eigenvalue weighted by atomic mass is 9.98. The minimum atomic E-state index is -0.590. The first-order valence-corrected chi connectivity index (χ1v) is 8.40. The van der Waals surface area contributed by atoms with Gasteiger partial charge in [-0.3, -0.25) is 4.90 Å². The van der Waals surface area contributed by atoms with Crippen LogP contribution < -0.4 is 0 Å². The molecule has 5 heteroatoms. The number of nitrogens with zero attached hydrogens (tertiary/aromatic N) is 3. The van der Waals surface area contributed by atoms with Crippen LogP contribution in [0.4, 0.5) is 4.39 Å². The van der Waals surface area contributed by atoms with E-state index in [1.54, 1.807) is 12.1 Å². The topological polar surface area (TPSA) is 30.3 Å². The highest BCUT2D eigenvalue weighted by Crippen LogP contribution is 2.32. The molecule has 0 bridgehead atoms. The SMILES string of the molecule is N#CC(c1c(F)cccc1Cl)N1CCC(N2CCCC2)CC1. The summed E-state index contributed by atoms with van der Waals surface area (Å²) in [5.74, 6) is -0.388. The molecule has 0 aliphatic carbocycles. The van der Waals surface area contributed by atoms with Gasteiger partial charge in [-0.05, 0) is 50.9 Å². The van der Waals surface area contributed by atoms with Crippen LogP contribution in [0.15, 0.2) is 18.2 Å². The minimum absolute atomic E-state index is 0.325. The Kier molecular flexibility index (Phi) is 4.97. The molecule has 3 rings (SSSR count). The normalized spacial score (nSPS) is 22.6. The molecule has 0 spiro atoms. The molecule has 2 fully saturated rings. The number of nitriles is 1. The third kappa shape index (κ3) is 3.12. The van der Waals surface area contributed by atoms with Gasteiger partial charge in [-0.1, -0.05) is 17.7 Å². The van der Waals surface area contributed by atoms with Gasteiger partial charge in [-0.25, -0.2) is 4.39 Å². The zero-order valence-corrected chi connectivity index (χ0v) is 13.4. The molecule has 0 aromatic heterocycles. The summed E-state index contributed by atoms with van der Waals surface area (Å²) < 4.78 is 14.1. The van der Waals surface area contributed by atoms with Gasteiger partial charge in [0.2, 0.25) is 0 Å². The number of piperidine rings is 1. The summed E-state index contributed by atoms with van der Waals surface area (Å²) in [4.78, 5) is 4.63. The molecule has 118 valence electrons. The second kappa shape index (κ2) is 6.95. The van der Waals surface area contributed by atoms with Gasteiger partial charge >= 0.3 is 0 Å². The van der Waals surface area contributed by atoms with Crippen LogP contribution >= 0.6 is 11.6 Å². The molecule has 0 saturated carbocycles. The third-order valence-electron chi connectivity index (χ3n) is 4.92. The van der Waals surface area contributed by atoms with Crippen molar-refractivity contribution in [3.05, 3.63) is 34.6 Å². The molecular weight excluding hydrogens is 301 g/mol. The van der Waals surface area contributed by atoms with Crippen LogP contribution in [0.25, 0.3) is 0 Å². The lowest BCUT2D eigenvalue weighted by Gasteiger charge is -2.38. The predicted octanol–water partition coefficient (Wildman–Crippen LogP) is 3.60. The van der Waals surface area contributed by atoms with Crippen molar-refractivity contribution in [2.45, 2.75) is 37.8 Å². The maximum Gasteiger partial charge on any atom is 0.130 e. The van der Waals surface area contributed by atoms with E-state index in [9.17, 15) is 9.65 Å². The van der Waals surface area contributed by atoms with Crippen LogP contribution in [-0.4, -0.2) is 42.0 Å². The van der Waals surface area contributed by atoms with E-state index < -0.39 is 6.04 Å². The Morgan fingerprint density at radius 2 is 1.86 bits per heavy atom. The molecule has 0 radical (unpaired) electrons. The van der Waals surface area contributed by atoms with E-state index >= 15 is 0 Å². The van der Waals surface area contributed by atoms with Gasteiger partial charge in [0.25, 0.3) is 0 Å². The molecule has 3 nitrogen and oxygen atoms in total. The van der Waals surface area contributed by atoms with Crippen molar-refractivity contribution in [1.29, 1.82) is 5.26 Å². The van der Waals surface area contributed by atoms with Gasteiger partial charge in [0.05, 0.1) is 6.07 Å². The van der Waals surface area contributed by atoms with E-state index in [0.717, 1.165) is 25.9 Å². The molecule has 1 unspecified atom stereocenters. The average Bonchev–Trinajstić information content (AvgIpc) is 3.06. The summed E-state index contributed by atoms with van der Waals surface area (Å²) in [5.41, 5.74) is 0.325. The van der Waals surface area contributed by atoms with Gasteiger partial charge in [0.1, 0.15) is 11.9 Å². The van der Waals surface area contributed by atoms with E-state index in [1.807, 2.05) is 0 Å². The molecule has 2 heterocycles. The van der Waals surface area contributed by atoms with E-state index in [0.29, 0.717) is 16.6 Å². The summed E-state index contributed by atoms with van der Waals surface area (Å²) in [7, 11) is 0. The molecule has 2 aliphatic heterocycles. The Bertz CT molecular complexity index is 537. The van der Waals surface area contributed by atoms with Gasteiger partial charge in [0, 0.05) is 29.7 Å². The molecule has 0 amide bonds. The zero-order valence-electron chi connectivity index (χ0n) is 12.6. The van der Waals surface area contributed by atoms with Crippen molar-refractivity contribution in [1.82, 2.24) is 9.80 Å². The number of halogens is 2. The highest BCUT2D eigenvalue weighted by Gasteiger charge is 2.31. The number of hydrogen-bond acceptors (Lipinski definition) is 3. The summed E-state index contributed by atoms with van der Waals surface area (Å²) in [6.07, 6.45) is 4.69. The summed E-state index contributed by atoms with van der Waals surface area (Å²) >= 11 is 6.13. The van der Waals surface area contributed by atoms with Gasteiger partial charge in [0.15, 0.2) is 0 Å². The number of benzene rings is 1. The summed E-state index contributed by atoms with van der Waals surface area (Å²) in [6.45, 7) is 4.05. The fourth-order valence-corrected chi connectivity index (χ4v) is 3.98. The second-order valence-electron chi connectivity index (χ2n) is 6.18. The van der Waals surface area contributed by atoms with E-state index in [4.69, 9.17) is 11.6 Å². The maximum atomic E-state index is 14.1. The molecule has 1 aromatic rings. The first-order chi connectivity index (χ1) is 10.7. The highest BCUT2D eigenvalue weighted by atomic mass is 35.5. The Morgan fingerprint density at radius 3 is 2.45 bits per heavy atom. The predicted molar refractivity (Wildman–Crippen MR) is 85.2 cm³/mol. The summed E-state index contributed by atoms with van der Waals surface area (Å²) in [5, 5.41) is 9.87. The van der Waals surface area contributed by atoms with Gasteiger partial charge < -0.3 is 4.90 Å². The Morgan fingerprint density at radius 1 is 1.18 bits per heavy atom. The van der Waals surface area contributed by atoms with Crippen molar-refractivity contribution in [3.63, 3.8) is 0 Å². The number of rotatable bonds is 3. The lowest BCUT2D eigenvalue weighted by molar-refractivity contribution is 0.111. The first-order valence-electron chi connectivity index (χ1n) is 8.02. The van der Waals surface area contributed by atoms with Gasteiger partial charge in [-0.2, -0.15) is 5.26 Å². The van der Waals surface area contributed by atoms with Crippen LogP contribution in [0.1, 0.15) is 37.3 Å². The molecule has 2 aliphatic rings. The van der Waals surface area contributed by atoms with Crippen LogP contribution in [-0.2, 0) is 0 Å². The standard InChI is InChI=1S/C17H21ClFN3/c18-14-4-3-5-15(19)17(14)16(12-20)22-10-6-13(7-11-22)21-8-1-2-9-21/h3-5,13,16H,1-2,6-11H2. The molecule has 1 atom stereocenters. The largest absolute Gasteiger partial charge is 0.300 e. The monoisotopic (exact) mass is 321 g/mol. The van der Waals surface area contributed by atoms with Crippen molar-refractivity contribution < 1.29 is 4.39 Å². The Hall–Kier alpha value is -1.15. The van der Waals surface area contributed by atoms with Crippen LogP contribution in [0.2, 0.25) is 5.02 Å². The number of hydrogen-bond donors (Lipinski definition) is 0. The number of likely N-dealkylation sites (tertiary alicyclic amines) is 2. The fourth-order valence-electron chi connectivity index (χ4n) is 3.72. The fraction of sp³-hybridized carbons (Fsp3) is 0.588. The molecular formula is C17H21ClFN3. The molecule has 22 heavy (non-hydrogen) atoms. The first kappa shape index (κ1) is 15.7. The lowest BCUT2D eigenvalue weighted by Crippen LogP contribution is -2.44. The second-order valence-corrected chi connectivity index (χ2v) is 6.58. The van der Waals surface area contributed by atoms with Crippen LogP contribution in [0.3, 0.4) is 0 Å². The molecule has 0 N–H and O–H groups in total. The van der Waals surface area contributed by atoms with E-state index in [1.165, 1.54) is 32.0 Å².